The third-order valence-electron chi connectivity index (χ3n) is 4.92. The number of benzene rings is 2. The highest BCUT2D eigenvalue weighted by molar-refractivity contribution is 5.79. The number of hydrogen-bond donors (Lipinski definition) is 1. The third kappa shape index (κ3) is 6.52. The average Bonchev–Trinajstić information content (AvgIpc) is 2.75. The van der Waals surface area contributed by atoms with Gasteiger partial charge in [0.2, 0.25) is 5.91 Å². The number of para-hydroxylation sites is 1. The lowest BCUT2D eigenvalue weighted by molar-refractivity contribution is -0.131. The van der Waals surface area contributed by atoms with E-state index in [4.69, 9.17) is 9.47 Å². The summed E-state index contributed by atoms with van der Waals surface area (Å²) in [5.41, 5.74) is 0.979. The van der Waals surface area contributed by atoms with Crippen molar-refractivity contribution < 1.29 is 19.1 Å². The maximum atomic E-state index is 12.6. The molecule has 0 saturated carbocycles. The van der Waals surface area contributed by atoms with Crippen molar-refractivity contribution in [3.05, 3.63) is 60.2 Å². The number of carbonyl (C=O) groups is 2. The van der Waals surface area contributed by atoms with Crippen molar-refractivity contribution in [2.75, 3.05) is 26.3 Å². The molecule has 6 heteroatoms. The summed E-state index contributed by atoms with van der Waals surface area (Å²) < 4.78 is 10.9. The number of likely N-dealkylation sites (tertiary alicyclic amines) is 1. The van der Waals surface area contributed by atoms with E-state index in [0.717, 1.165) is 24.2 Å². The quantitative estimate of drug-likeness (QED) is 0.745. The molecule has 1 heterocycles. The lowest BCUT2D eigenvalue weighted by Gasteiger charge is -2.32. The molecule has 3 rings (SSSR count). The van der Waals surface area contributed by atoms with Gasteiger partial charge in [0.1, 0.15) is 11.5 Å². The van der Waals surface area contributed by atoms with Crippen molar-refractivity contribution in [1.82, 2.24) is 10.2 Å². The van der Waals surface area contributed by atoms with E-state index in [1.54, 1.807) is 0 Å². The highest BCUT2D eigenvalue weighted by Crippen LogP contribution is 2.16. The van der Waals surface area contributed by atoms with Crippen LogP contribution in [0.5, 0.6) is 11.5 Å². The predicted octanol–water partition coefficient (Wildman–Crippen LogP) is 2.81. The Bertz CT molecular complexity index is 784. The van der Waals surface area contributed by atoms with E-state index in [9.17, 15) is 9.59 Å². The first-order valence-corrected chi connectivity index (χ1v) is 10.1. The Labute approximate surface area is 171 Å². The lowest BCUT2D eigenvalue weighted by atomic mass is 10.0. The first kappa shape index (κ1) is 20.7. The molecule has 0 aromatic heterocycles. The van der Waals surface area contributed by atoms with E-state index < -0.39 is 0 Å². The van der Waals surface area contributed by atoms with Gasteiger partial charge in [0, 0.05) is 19.1 Å². The molecule has 0 bridgehead atoms. The topological polar surface area (TPSA) is 67.9 Å². The summed E-state index contributed by atoms with van der Waals surface area (Å²) in [6.45, 7) is 3.88. The fourth-order valence-corrected chi connectivity index (χ4v) is 3.36. The standard InChI is InChI=1S/C23H28N2O4/c1-2-28-21-10-8-18(9-11-21)16-23(27)25-14-12-19(13-15-25)24-22(26)17-29-20-6-4-3-5-7-20/h3-11,19H,2,12-17H2,1H3,(H,24,26). The van der Waals surface area contributed by atoms with E-state index in [-0.39, 0.29) is 24.5 Å². The predicted molar refractivity (Wildman–Crippen MR) is 111 cm³/mol. The van der Waals surface area contributed by atoms with Crippen LogP contribution >= 0.6 is 0 Å². The Morgan fingerprint density at radius 3 is 2.28 bits per heavy atom. The van der Waals surface area contributed by atoms with Crippen LogP contribution in [0.3, 0.4) is 0 Å². The van der Waals surface area contributed by atoms with E-state index in [1.807, 2.05) is 66.4 Å². The van der Waals surface area contributed by atoms with Crippen LogP contribution in [0.25, 0.3) is 0 Å². The Balaban J connectivity index is 1.38. The zero-order valence-corrected chi connectivity index (χ0v) is 16.8. The molecule has 1 aliphatic rings. The molecule has 2 aromatic carbocycles. The Morgan fingerprint density at radius 1 is 0.966 bits per heavy atom. The minimum absolute atomic E-state index is 0.000892. The molecule has 1 N–H and O–H groups in total. The molecule has 0 unspecified atom stereocenters. The number of nitrogens with one attached hydrogen (secondary N) is 1. The van der Waals surface area contributed by atoms with Gasteiger partial charge in [-0.2, -0.15) is 0 Å². The van der Waals surface area contributed by atoms with Gasteiger partial charge in [-0.1, -0.05) is 30.3 Å². The molecule has 0 atom stereocenters. The first-order chi connectivity index (χ1) is 14.1. The van der Waals surface area contributed by atoms with Crippen LogP contribution in [-0.2, 0) is 16.0 Å². The summed E-state index contributed by atoms with van der Waals surface area (Å²) in [6, 6.07) is 17.0. The van der Waals surface area contributed by atoms with E-state index in [0.29, 0.717) is 31.9 Å². The van der Waals surface area contributed by atoms with E-state index >= 15 is 0 Å². The Kier molecular flexibility index (Phi) is 7.50. The van der Waals surface area contributed by atoms with Gasteiger partial charge in [0.05, 0.1) is 13.0 Å². The molecule has 2 aromatic rings. The second kappa shape index (κ2) is 10.5. The largest absolute Gasteiger partial charge is 0.494 e. The van der Waals surface area contributed by atoms with Crippen LogP contribution in [0.4, 0.5) is 0 Å². The average molecular weight is 396 g/mol. The van der Waals surface area contributed by atoms with Crippen LogP contribution in [-0.4, -0.2) is 49.1 Å². The number of hydrogen-bond acceptors (Lipinski definition) is 4. The molecule has 0 radical (unpaired) electrons. The zero-order chi connectivity index (χ0) is 20.5. The van der Waals surface area contributed by atoms with Gasteiger partial charge in [-0.25, -0.2) is 0 Å². The van der Waals surface area contributed by atoms with Gasteiger partial charge in [-0.05, 0) is 49.6 Å². The number of rotatable bonds is 8. The number of ether oxygens (including phenoxy) is 2. The van der Waals surface area contributed by atoms with Crippen molar-refractivity contribution in [3.8, 4) is 11.5 Å². The molecular formula is C23H28N2O4. The maximum Gasteiger partial charge on any atom is 0.258 e. The highest BCUT2D eigenvalue weighted by Gasteiger charge is 2.24. The van der Waals surface area contributed by atoms with Crippen LogP contribution in [0.1, 0.15) is 25.3 Å². The zero-order valence-electron chi connectivity index (χ0n) is 16.8. The van der Waals surface area contributed by atoms with Crippen molar-refractivity contribution in [1.29, 1.82) is 0 Å². The summed E-state index contributed by atoms with van der Waals surface area (Å²) in [6.07, 6.45) is 1.90. The lowest BCUT2D eigenvalue weighted by Crippen LogP contribution is -2.47. The van der Waals surface area contributed by atoms with Gasteiger partial charge in [0.15, 0.2) is 6.61 Å². The van der Waals surface area contributed by atoms with Crippen molar-refractivity contribution in [2.24, 2.45) is 0 Å². The molecule has 1 aliphatic heterocycles. The molecule has 0 spiro atoms. The fourth-order valence-electron chi connectivity index (χ4n) is 3.36. The molecule has 2 amide bonds. The van der Waals surface area contributed by atoms with E-state index in [2.05, 4.69) is 5.32 Å². The third-order valence-corrected chi connectivity index (χ3v) is 4.92. The second-order valence-electron chi connectivity index (χ2n) is 7.08. The van der Waals surface area contributed by atoms with Crippen molar-refractivity contribution in [2.45, 2.75) is 32.2 Å². The van der Waals surface area contributed by atoms with Crippen LogP contribution in [0.15, 0.2) is 54.6 Å². The van der Waals surface area contributed by atoms with Gasteiger partial charge < -0.3 is 19.7 Å². The van der Waals surface area contributed by atoms with Crippen LogP contribution in [0.2, 0.25) is 0 Å². The van der Waals surface area contributed by atoms with Gasteiger partial charge in [-0.15, -0.1) is 0 Å². The molecule has 154 valence electrons. The summed E-state index contributed by atoms with van der Waals surface area (Å²) in [4.78, 5) is 26.5. The summed E-state index contributed by atoms with van der Waals surface area (Å²) >= 11 is 0. The van der Waals surface area contributed by atoms with Crippen molar-refractivity contribution in [3.63, 3.8) is 0 Å². The molecule has 1 fully saturated rings. The van der Waals surface area contributed by atoms with Gasteiger partial charge >= 0.3 is 0 Å². The maximum absolute atomic E-state index is 12.6. The Morgan fingerprint density at radius 2 is 1.62 bits per heavy atom. The Hall–Kier alpha value is -3.02. The molecule has 0 aliphatic carbocycles. The summed E-state index contributed by atoms with van der Waals surface area (Å²) in [7, 11) is 0. The van der Waals surface area contributed by atoms with Crippen LogP contribution < -0.4 is 14.8 Å². The van der Waals surface area contributed by atoms with Crippen LogP contribution in [0, 0.1) is 0 Å². The van der Waals surface area contributed by atoms with Crippen molar-refractivity contribution >= 4 is 11.8 Å². The molecule has 6 nitrogen and oxygen atoms in total. The summed E-state index contributed by atoms with van der Waals surface area (Å²) in [5, 5.41) is 3.00. The molecule has 1 saturated heterocycles. The molecule has 29 heavy (non-hydrogen) atoms. The van der Waals surface area contributed by atoms with Gasteiger partial charge in [0.25, 0.3) is 5.91 Å². The monoisotopic (exact) mass is 396 g/mol. The number of amides is 2. The number of nitrogens with zero attached hydrogens (tertiary/aromatic N) is 1. The second-order valence-corrected chi connectivity index (χ2v) is 7.08. The first-order valence-electron chi connectivity index (χ1n) is 10.1. The minimum Gasteiger partial charge on any atom is -0.494 e. The minimum atomic E-state index is -0.131. The highest BCUT2D eigenvalue weighted by atomic mass is 16.5. The fraction of sp³-hybridized carbons (Fsp3) is 0.391. The van der Waals surface area contributed by atoms with E-state index in [1.165, 1.54) is 0 Å². The SMILES string of the molecule is CCOc1ccc(CC(=O)N2CCC(NC(=O)COc3ccccc3)CC2)cc1. The smallest absolute Gasteiger partial charge is 0.258 e. The summed E-state index contributed by atoms with van der Waals surface area (Å²) in [5.74, 6) is 1.48. The normalized spacial score (nSPS) is 14.3. The number of carbonyl (C=O) groups excluding carboxylic acids is 2. The number of piperidine rings is 1. The molecular weight excluding hydrogens is 368 g/mol. The van der Waals surface area contributed by atoms with Gasteiger partial charge in [-0.3, -0.25) is 9.59 Å².